The molecule has 0 saturated heterocycles. The first-order chi connectivity index (χ1) is 10.0. The van der Waals surface area contributed by atoms with Crippen molar-refractivity contribution in [2.45, 2.75) is 47.5 Å². The molecule has 0 heterocycles. The molecular weight excluding hydrogens is 252 g/mol. The fraction of sp³-hybridized carbons (Fsp3) is 0.333. The van der Waals surface area contributed by atoms with Crippen LogP contribution in [0.3, 0.4) is 0 Å². The molecule has 0 bridgehead atoms. The maximum Gasteiger partial charge on any atom is -0.0147 e. The maximum atomic E-state index is 3.48. The summed E-state index contributed by atoms with van der Waals surface area (Å²) in [6.45, 7) is 14.3. The van der Waals surface area contributed by atoms with Gasteiger partial charge >= 0.3 is 0 Å². The molecule has 0 saturated carbocycles. The van der Waals surface area contributed by atoms with E-state index >= 15 is 0 Å². The molecule has 0 N–H and O–H groups in total. The molecule has 0 fully saturated rings. The second kappa shape index (κ2) is 8.46. The van der Waals surface area contributed by atoms with Gasteiger partial charge in [0, 0.05) is 0 Å². The van der Waals surface area contributed by atoms with E-state index in [9.17, 15) is 0 Å². The van der Waals surface area contributed by atoms with Crippen LogP contribution in [-0.4, -0.2) is 0 Å². The van der Waals surface area contributed by atoms with Crippen molar-refractivity contribution in [1.29, 1.82) is 0 Å². The van der Waals surface area contributed by atoms with E-state index in [1.165, 1.54) is 33.4 Å². The highest BCUT2D eigenvalue weighted by molar-refractivity contribution is 5.71. The van der Waals surface area contributed by atoms with Gasteiger partial charge in [0.2, 0.25) is 0 Å². The third-order valence-electron chi connectivity index (χ3n) is 3.62. The zero-order valence-corrected chi connectivity index (χ0v) is 14.2. The molecule has 0 aliphatic carbocycles. The molecule has 0 heteroatoms. The average molecular weight is 280 g/mol. The molecule has 0 atom stereocenters. The largest absolute Gasteiger partial charge is 0.103 e. The van der Waals surface area contributed by atoms with Crippen molar-refractivity contribution in [1.82, 2.24) is 0 Å². The summed E-state index contributed by atoms with van der Waals surface area (Å²) in [4.78, 5) is 0. The highest BCUT2D eigenvalue weighted by atomic mass is 14.1. The summed E-state index contributed by atoms with van der Waals surface area (Å²) in [6.07, 6.45) is 4.04. The molecule has 0 radical (unpaired) electrons. The minimum absolute atomic E-state index is 1.08. The Kier molecular flexibility index (Phi) is 6.94. The Labute approximate surface area is 130 Å². The van der Waals surface area contributed by atoms with Crippen LogP contribution in [0, 0.1) is 20.8 Å². The van der Waals surface area contributed by atoms with E-state index in [4.69, 9.17) is 0 Å². The van der Waals surface area contributed by atoms with Gasteiger partial charge in [0.05, 0.1) is 0 Å². The normalized spacial score (nSPS) is 9.76. The summed E-state index contributed by atoms with van der Waals surface area (Å²) in [5.74, 6) is 0. The molecule has 0 aromatic heterocycles. The van der Waals surface area contributed by atoms with Gasteiger partial charge < -0.3 is 0 Å². The summed E-state index contributed by atoms with van der Waals surface area (Å²) >= 11 is 0. The summed E-state index contributed by atoms with van der Waals surface area (Å²) in [5.41, 5.74) is 8.23. The molecule has 2 aromatic rings. The lowest BCUT2D eigenvalue weighted by molar-refractivity contribution is 1.14. The Morgan fingerprint density at radius 3 is 1.90 bits per heavy atom. The van der Waals surface area contributed by atoms with Crippen LogP contribution >= 0.6 is 0 Å². The first kappa shape index (κ1) is 17.2. The lowest BCUT2D eigenvalue weighted by Gasteiger charge is -2.13. The van der Waals surface area contributed by atoms with Crippen molar-refractivity contribution in [3.8, 4) is 11.1 Å². The SMILES string of the molecule is C=CCC.CCc1ccc(C)cc1-c1cc(C)ccc1C. The third-order valence-corrected chi connectivity index (χ3v) is 3.62. The second-order valence-electron chi connectivity index (χ2n) is 5.53. The van der Waals surface area contributed by atoms with E-state index in [2.05, 4.69) is 77.6 Å². The highest BCUT2D eigenvalue weighted by Gasteiger charge is 2.07. The van der Waals surface area contributed by atoms with E-state index in [1.807, 2.05) is 6.08 Å². The molecule has 0 aliphatic rings. The first-order valence-corrected chi connectivity index (χ1v) is 7.81. The van der Waals surface area contributed by atoms with Crippen LogP contribution in [0.15, 0.2) is 49.1 Å². The van der Waals surface area contributed by atoms with Crippen molar-refractivity contribution < 1.29 is 0 Å². The van der Waals surface area contributed by atoms with Crippen LogP contribution < -0.4 is 0 Å². The topological polar surface area (TPSA) is 0 Å². The zero-order valence-electron chi connectivity index (χ0n) is 14.2. The molecule has 0 amide bonds. The number of aryl methyl sites for hydroxylation is 4. The number of rotatable bonds is 3. The summed E-state index contributed by atoms with van der Waals surface area (Å²) in [6, 6.07) is 13.5. The van der Waals surface area contributed by atoms with Gasteiger partial charge in [0.25, 0.3) is 0 Å². The maximum absolute atomic E-state index is 3.48. The van der Waals surface area contributed by atoms with Crippen molar-refractivity contribution in [3.05, 3.63) is 71.3 Å². The van der Waals surface area contributed by atoms with Gasteiger partial charge in [-0.3, -0.25) is 0 Å². The van der Waals surface area contributed by atoms with Crippen molar-refractivity contribution in [2.24, 2.45) is 0 Å². The van der Waals surface area contributed by atoms with Gasteiger partial charge in [-0.15, -0.1) is 6.58 Å². The lowest BCUT2D eigenvalue weighted by atomic mass is 9.92. The highest BCUT2D eigenvalue weighted by Crippen LogP contribution is 2.29. The summed E-state index contributed by atoms with van der Waals surface area (Å²) in [7, 11) is 0. The summed E-state index contributed by atoms with van der Waals surface area (Å²) in [5, 5.41) is 0. The number of allylic oxidation sites excluding steroid dienone is 1. The smallest absolute Gasteiger partial charge is 0.0147 e. The fourth-order valence-electron chi connectivity index (χ4n) is 2.28. The van der Waals surface area contributed by atoms with Gasteiger partial charge in [0.15, 0.2) is 0 Å². The molecular formula is C21H28. The predicted molar refractivity (Wildman–Crippen MR) is 96.0 cm³/mol. The van der Waals surface area contributed by atoms with Crippen molar-refractivity contribution in [2.75, 3.05) is 0 Å². The van der Waals surface area contributed by atoms with Crippen LogP contribution in [0.25, 0.3) is 11.1 Å². The number of benzene rings is 2. The monoisotopic (exact) mass is 280 g/mol. The number of hydrogen-bond donors (Lipinski definition) is 0. The van der Waals surface area contributed by atoms with Crippen LogP contribution in [0.2, 0.25) is 0 Å². The van der Waals surface area contributed by atoms with Gasteiger partial charge in [-0.05, 0) is 55.9 Å². The molecule has 21 heavy (non-hydrogen) atoms. The van der Waals surface area contributed by atoms with E-state index < -0.39 is 0 Å². The van der Waals surface area contributed by atoms with Gasteiger partial charge in [0.1, 0.15) is 0 Å². The molecule has 0 nitrogen and oxygen atoms in total. The van der Waals surface area contributed by atoms with Crippen LogP contribution in [0.5, 0.6) is 0 Å². The van der Waals surface area contributed by atoms with E-state index in [1.54, 1.807) is 0 Å². The Balaban J connectivity index is 0.000000491. The average Bonchev–Trinajstić information content (AvgIpc) is 2.50. The van der Waals surface area contributed by atoms with Crippen LogP contribution in [0.1, 0.15) is 42.5 Å². The van der Waals surface area contributed by atoms with E-state index in [0.717, 1.165) is 12.8 Å². The fourth-order valence-corrected chi connectivity index (χ4v) is 2.28. The Hall–Kier alpha value is -1.82. The number of hydrogen-bond acceptors (Lipinski definition) is 0. The minimum Gasteiger partial charge on any atom is -0.103 e. The molecule has 2 rings (SSSR count). The Morgan fingerprint density at radius 2 is 1.38 bits per heavy atom. The predicted octanol–water partition coefficient (Wildman–Crippen LogP) is 6.42. The van der Waals surface area contributed by atoms with Crippen molar-refractivity contribution in [3.63, 3.8) is 0 Å². The second-order valence-corrected chi connectivity index (χ2v) is 5.53. The standard InChI is InChI=1S/C17H20.C4H8/c1-5-15-9-7-13(3)11-17(15)16-10-12(2)6-8-14(16)4;1-3-4-2/h6-11H,5H2,1-4H3;3H,1,4H2,2H3. The Bertz CT molecular complexity index is 591. The zero-order chi connectivity index (χ0) is 15.8. The Morgan fingerprint density at radius 1 is 0.857 bits per heavy atom. The molecule has 0 spiro atoms. The first-order valence-electron chi connectivity index (χ1n) is 7.81. The minimum atomic E-state index is 1.08. The van der Waals surface area contributed by atoms with Gasteiger partial charge in [-0.2, -0.15) is 0 Å². The van der Waals surface area contributed by atoms with Crippen LogP contribution in [0.4, 0.5) is 0 Å². The van der Waals surface area contributed by atoms with Crippen molar-refractivity contribution >= 4 is 0 Å². The molecule has 0 unspecified atom stereocenters. The molecule has 2 aromatic carbocycles. The quantitative estimate of drug-likeness (QED) is 0.569. The van der Waals surface area contributed by atoms with E-state index in [0.29, 0.717) is 0 Å². The summed E-state index contributed by atoms with van der Waals surface area (Å²) < 4.78 is 0. The van der Waals surface area contributed by atoms with Gasteiger partial charge in [-0.1, -0.05) is 67.4 Å². The molecule has 112 valence electrons. The lowest BCUT2D eigenvalue weighted by Crippen LogP contribution is -1.92. The van der Waals surface area contributed by atoms with Gasteiger partial charge in [-0.25, -0.2) is 0 Å². The van der Waals surface area contributed by atoms with E-state index in [-0.39, 0.29) is 0 Å². The molecule has 0 aliphatic heterocycles. The van der Waals surface area contributed by atoms with Crippen LogP contribution in [-0.2, 0) is 6.42 Å². The third kappa shape index (κ3) is 4.90.